The van der Waals surface area contributed by atoms with Crippen LogP contribution < -0.4 is 11.1 Å². The number of hydrogen-bond acceptors (Lipinski definition) is 4. The highest BCUT2D eigenvalue weighted by molar-refractivity contribution is 5.95. The van der Waals surface area contributed by atoms with Crippen molar-refractivity contribution in [2.75, 3.05) is 12.3 Å². The molecule has 7 heteroatoms. The third-order valence-electron chi connectivity index (χ3n) is 1.98. The molecule has 0 bridgehead atoms. The summed E-state index contributed by atoms with van der Waals surface area (Å²) in [5, 5.41) is 19.4. The van der Waals surface area contributed by atoms with Crippen molar-refractivity contribution in [2.24, 2.45) is 0 Å². The number of aliphatic hydroxyl groups is 1. The second-order valence-electron chi connectivity index (χ2n) is 3.30. The molecule has 92 valence electrons. The van der Waals surface area contributed by atoms with Gasteiger partial charge < -0.3 is 21.3 Å². The first-order chi connectivity index (χ1) is 7.91. The maximum absolute atomic E-state index is 13.3. The highest BCUT2D eigenvalue weighted by atomic mass is 19.1. The van der Waals surface area contributed by atoms with Crippen molar-refractivity contribution in [3.05, 3.63) is 29.6 Å². The predicted octanol–water partition coefficient (Wildman–Crippen LogP) is -0.417. The zero-order valence-corrected chi connectivity index (χ0v) is 8.68. The summed E-state index contributed by atoms with van der Waals surface area (Å²) in [5.41, 5.74) is 5.20. The van der Waals surface area contributed by atoms with Crippen LogP contribution in [0.3, 0.4) is 0 Å². The van der Waals surface area contributed by atoms with Crippen molar-refractivity contribution in [1.82, 2.24) is 5.32 Å². The number of aliphatic carboxylic acids is 1. The lowest BCUT2D eigenvalue weighted by molar-refractivity contribution is -0.146. The Kier molecular flexibility index (Phi) is 4.00. The summed E-state index contributed by atoms with van der Waals surface area (Å²) in [6, 6.07) is 3.49. The first-order valence-electron chi connectivity index (χ1n) is 4.66. The normalized spacial score (nSPS) is 11.9. The van der Waals surface area contributed by atoms with E-state index in [4.69, 9.17) is 15.9 Å². The number of anilines is 1. The third kappa shape index (κ3) is 3.42. The Balaban J connectivity index is 2.67. The Labute approximate surface area is 95.9 Å². The number of rotatable bonds is 4. The lowest BCUT2D eigenvalue weighted by Crippen LogP contribution is -2.36. The van der Waals surface area contributed by atoms with Gasteiger partial charge in [0.05, 0.1) is 12.1 Å². The molecule has 0 spiro atoms. The molecule has 0 saturated heterocycles. The number of amides is 1. The van der Waals surface area contributed by atoms with Gasteiger partial charge in [0.25, 0.3) is 5.91 Å². The molecule has 0 unspecified atom stereocenters. The number of benzene rings is 1. The summed E-state index contributed by atoms with van der Waals surface area (Å²) in [4.78, 5) is 21.7. The van der Waals surface area contributed by atoms with Crippen LogP contribution in [0.5, 0.6) is 0 Å². The van der Waals surface area contributed by atoms with Crippen molar-refractivity contribution < 1.29 is 24.2 Å². The molecule has 0 heterocycles. The van der Waals surface area contributed by atoms with Crippen molar-refractivity contribution in [3.8, 4) is 0 Å². The van der Waals surface area contributed by atoms with E-state index in [9.17, 15) is 14.0 Å². The van der Waals surface area contributed by atoms with E-state index in [1.165, 1.54) is 12.1 Å². The van der Waals surface area contributed by atoms with Gasteiger partial charge in [0, 0.05) is 5.69 Å². The predicted molar refractivity (Wildman–Crippen MR) is 56.8 cm³/mol. The van der Waals surface area contributed by atoms with Gasteiger partial charge in [0.1, 0.15) is 5.82 Å². The average Bonchev–Trinajstić information content (AvgIpc) is 2.25. The van der Waals surface area contributed by atoms with Crippen LogP contribution in [0.4, 0.5) is 10.1 Å². The fourth-order valence-corrected chi connectivity index (χ4v) is 1.09. The number of nitrogens with one attached hydrogen (secondary N) is 1. The Morgan fingerprint density at radius 3 is 2.65 bits per heavy atom. The van der Waals surface area contributed by atoms with Crippen LogP contribution in [-0.2, 0) is 4.79 Å². The number of carbonyl (C=O) groups is 2. The molecule has 0 aliphatic carbocycles. The molecule has 0 saturated carbocycles. The van der Waals surface area contributed by atoms with Gasteiger partial charge in [-0.25, -0.2) is 9.18 Å². The van der Waals surface area contributed by atoms with Crippen LogP contribution in [0.1, 0.15) is 10.4 Å². The minimum Gasteiger partial charge on any atom is -0.479 e. The van der Waals surface area contributed by atoms with Crippen LogP contribution in [0, 0.1) is 5.82 Å². The fraction of sp³-hybridized carbons (Fsp3) is 0.200. The number of nitrogen functional groups attached to an aromatic ring is 1. The maximum atomic E-state index is 13.3. The minimum absolute atomic E-state index is 0.171. The maximum Gasteiger partial charge on any atom is 0.334 e. The summed E-state index contributed by atoms with van der Waals surface area (Å²) < 4.78 is 13.3. The molecule has 1 aromatic rings. The largest absolute Gasteiger partial charge is 0.479 e. The minimum atomic E-state index is -1.73. The van der Waals surface area contributed by atoms with Crippen molar-refractivity contribution in [3.63, 3.8) is 0 Å². The zero-order chi connectivity index (χ0) is 13.0. The number of hydrogen-bond donors (Lipinski definition) is 4. The van der Waals surface area contributed by atoms with E-state index in [0.29, 0.717) is 0 Å². The summed E-state index contributed by atoms with van der Waals surface area (Å²) in [6.45, 7) is -0.502. The SMILES string of the molecule is Nc1ccc(C(=O)NC[C@H](O)C(=O)O)c(F)c1. The first kappa shape index (κ1) is 12.9. The lowest BCUT2D eigenvalue weighted by Gasteiger charge is -2.08. The van der Waals surface area contributed by atoms with E-state index in [-0.39, 0.29) is 11.3 Å². The quantitative estimate of drug-likeness (QED) is 0.536. The Hall–Kier alpha value is -2.15. The second kappa shape index (κ2) is 5.26. The summed E-state index contributed by atoms with van der Waals surface area (Å²) in [5.74, 6) is -3.10. The zero-order valence-electron chi connectivity index (χ0n) is 8.68. The Morgan fingerprint density at radius 2 is 2.12 bits per heavy atom. The van der Waals surface area contributed by atoms with Crippen LogP contribution >= 0.6 is 0 Å². The van der Waals surface area contributed by atoms with E-state index in [2.05, 4.69) is 5.32 Å². The molecule has 1 rings (SSSR count). The van der Waals surface area contributed by atoms with Gasteiger partial charge in [-0.15, -0.1) is 0 Å². The van der Waals surface area contributed by atoms with Crippen LogP contribution in [-0.4, -0.2) is 34.7 Å². The molecule has 1 amide bonds. The van der Waals surface area contributed by atoms with Crippen LogP contribution in [0.25, 0.3) is 0 Å². The lowest BCUT2D eigenvalue weighted by atomic mass is 10.2. The number of nitrogens with two attached hydrogens (primary N) is 1. The Morgan fingerprint density at radius 1 is 1.47 bits per heavy atom. The number of carboxylic acid groups (broad SMARTS) is 1. The molecule has 0 aromatic heterocycles. The van der Waals surface area contributed by atoms with E-state index in [1.807, 2.05) is 0 Å². The van der Waals surface area contributed by atoms with Gasteiger partial charge >= 0.3 is 5.97 Å². The molecule has 0 radical (unpaired) electrons. The monoisotopic (exact) mass is 242 g/mol. The van der Waals surface area contributed by atoms with Gasteiger partial charge in [0.2, 0.25) is 0 Å². The topological polar surface area (TPSA) is 113 Å². The summed E-state index contributed by atoms with van der Waals surface area (Å²) >= 11 is 0. The molecule has 1 atom stereocenters. The first-order valence-corrected chi connectivity index (χ1v) is 4.66. The number of halogens is 1. The number of carbonyl (C=O) groups excluding carboxylic acids is 1. The van der Waals surface area contributed by atoms with Gasteiger partial charge in [-0.05, 0) is 18.2 Å². The molecular formula is C10H11FN2O4. The van der Waals surface area contributed by atoms with Crippen molar-refractivity contribution in [1.29, 1.82) is 0 Å². The summed E-state index contributed by atoms with van der Waals surface area (Å²) in [7, 11) is 0. The van der Waals surface area contributed by atoms with Gasteiger partial charge in [-0.3, -0.25) is 4.79 Å². The van der Waals surface area contributed by atoms with Gasteiger partial charge in [0.15, 0.2) is 6.10 Å². The van der Waals surface area contributed by atoms with E-state index >= 15 is 0 Å². The average molecular weight is 242 g/mol. The van der Waals surface area contributed by atoms with E-state index < -0.39 is 30.3 Å². The van der Waals surface area contributed by atoms with Crippen LogP contribution in [0.2, 0.25) is 0 Å². The van der Waals surface area contributed by atoms with Crippen LogP contribution in [0.15, 0.2) is 18.2 Å². The molecule has 5 N–H and O–H groups in total. The van der Waals surface area contributed by atoms with Gasteiger partial charge in [-0.2, -0.15) is 0 Å². The third-order valence-corrected chi connectivity index (χ3v) is 1.98. The fourth-order valence-electron chi connectivity index (χ4n) is 1.09. The number of carboxylic acids is 1. The Bertz CT molecular complexity index is 450. The highest BCUT2D eigenvalue weighted by Crippen LogP contribution is 2.11. The standard InChI is InChI=1S/C10H11FN2O4/c11-7-3-5(12)1-2-6(7)9(15)13-4-8(14)10(16)17/h1-3,8,14H,4,12H2,(H,13,15)(H,16,17)/t8-/m0/s1. The molecule has 0 aliphatic heterocycles. The molecule has 0 fully saturated rings. The van der Waals surface area contributed by atoms with Gasteiger partial charge in [-0.1, -0.05) is 0 Å². The molecule has 1 aromatic carbocycles. The van der Waals surface area contributed by atoms with Crippen molar-refractivity contribution >= 4 is 17.6 Å². The molecule has 0 aliphatic rings. The second-order valence-corrected chi connectivity index (χ2v) is 3.30. The van der Waals surface area contributed by atoms with Crippen molar-refractivity contribution in [2.45, 2.75) is 6.10 Å². The number of aliphatic hydroxyl groups excluding tert-OH is 1. The molecular weight excluding hydrogens is 231 g/mol. The summed E-state index contributed by atoms with van der Waals surface area (Å²) in [6.07, 6.45) is -1.73. The van der Waals surface area contributed by atoms with E-state index in [0.717, 1.165) is 6.07 Å². The molecule has 17 heavy (non-hydrogen) atoms. The smallest absolute Gasteiger partial charge is 0.334 e. The van der Waals surface area contributed by atoms with E-state index in [1.54, 1.807) is 0 Å². The highest BCUT2D eigenvalue weighted by Gasteiger charge is 2.16. The molecule has 6 nitrogen and oxygen atoms in total.